The van der Waals surface area contributed by atoms with Gasteiger partial charge in [0.05, 0.1) is 0 Å². The number of halogens is 4. The predicted molar refractivity (Wildman–Crippen MR) is 109 cm³/mol. The molecule has 25 heavy (non-hydrogen) atoms. The van der Waals surface area contributed by atoms with Gasteiger partial charge in [0.2, 0.25) is 0 Å². The molecule has 0 saturated carbocycles. The van der Waals surface area contributed by atoms with Crippen LogP contribution in [0.4, 0.5) is 5.69 Å². The Kier molecular flexibility index (Phi) is 10.2. The van der Waals surface area contributed by atoms with Crippen LogP contribution in [0, 0.1) is 0 Å². The Morgan fingerprint density at radius 2 is 1.40 bits per heavy atom. The van der Waals surface area contributed by atoms with Gasteiger partial charge in [0.1, 0.15) is 0 Å². The quantitative estimate of drug-likeness (QED) is 0.415. The Bertz CT molecular complexity index is 611. The van der Waals surface area contributed by atoms with Crippen molar-refractivity contribution in [3.8, 4) is 0 Å². The average molecular weight is 457 g/mol. The molecular weight excluding hydrogens is 434 g/mol. The summed E-state index contributed by atoms with van der Waals surface area (Å²) < 4.78 is 0. The van der Waals surface area contributed by atoms with Crippen molar-refractivity contribution < 1.29 is 12.3 Å². The normalized spacial score (nSPS) is 11.3. The summed E-state index contributed by atoms with van der Waals surface area (Å²) in [5.74, 6) is 0.965. The van der Waals surface area contributed by atoms with Gasteiger partial charge in [0.25, 0.3) is 0 Å². The molecule has 0 atom stereocenters. The van der Waals surface area contributed by atoms with Gasteiger partial charge in [-0.1, -0.05) is 69.6 Å². The fourth-order valence-corrected chi connectivity index (χ4v) is 2.35. The van der Waals surface area contributed by atoms with Crippen LogP contribution in [0.1, 0.15) is 56.4 Å². The standard InChI is InChI=1S/C18H23N2.4ClH.Ti/c1-13(2)16-9-7-10-17(14(3)4)18(16)20-12-15-8-5-6-11-19-15;;;;;/h5-11,13-14H,12H2,1-4H3;4*1H;/q-1;;;;;+4/p-4. The summed E-state index contributed by atoms with van der Waals surface area (Å²) in [6.45, 7) is 9.53. The first-order valence-corrected chi connectivity index (χ1v) is 16.6. The molecule has 0 aliphatic rings. The average Bonchev–Trinajstić information content (AvgIpc) is 2.51. The van der Waals surface area contributed by atoms with Gasteiger partial charge in [-0.05, 0) is 24.0 Å². The summed E-state index contributed by atoms with van der Waals surface area (Å²) in [5.41, 5.74) is 4.82. The minimum absolute atomic E-state index is 0.483. The topological polar surface area (TPSA) is 27.0 Å². The Morgan fingerprint density at radius 1 is 0.880 bits per heavy atom. The van der Waals surface area contributed by atoms with Gasteiger partial charge in [0.15, 0.2) is 0 Å². The van der Waals surface area contributed by atoms with Crippen LogP contribution in [0.3, 0.4) is 0 Å². The van der Waals surface area contributed by atoms with Crippen molar-refractivity contribution in [3.05, 3.63) is 64.7 Å². The molecule has 0 N–H and O–H groups in total. The Morgan fingerprint density at radius 3 is 1.80 bits per heavy atom. The third-order valence-electron chi connectivity index (χ3n) is 3.47. The van der Waals surface area contributed by atoms with E-state index in [1.165, 1.54) is 11.1 Å². The number of hydrogen-bond donors (Lipinski definition) is 0. The van der Waals surface area contributed by atoms with Crippen LogP contribution in [0.25, 0.3) is 5.32 Å². The van der Waals surface area contributed by atoms with E-state index in [1.807, 2.05) is 24.4 Å². The molecule has 0 bridgehead atoms. The zero-order chi connectivity index (χ0) is 19.0. The maximum atomic E-state index is 5.01. The second-order valence-corrected chi connectivity index (χ2v) is 21.6. The minimum atomic E-state index is -3.11. The zero-order valence-corrected chi connectivity index (χ0v) is 19.4. The monoisotopic (exact) mass is 455 g/mol. The number of aromatic nitrogens is 1. The van der Waals surface area contributed by atoms with Crippen molar-refractivity contribution in [2.45, 2.75) is 46.1 Å². The Balaban J connectivity index is 0.000000550. The van der Waals surface area contributed by atoms with Gasteiger partial charge >= 0.3 is 49.6 Å². The number of hydrogen-bond acceptors (Lipinski definition) is 1. The summed E-state index contributed by atoms with van der Waals surface area (Å²) >= 11 is -3.11. The molecule has 0 amide bonds. The molecule has 7 heteroatoms. The summed E-state index contributed by atoms with van der Waals surface area (Å²) in [4.78, 5) is 4.35. The molecule has 2 rings (SSSR count). The summed E-state index contributed by atoms with van der Waals surface area (Å²) in [6.07, 6.45) is 1.82. The molecule has 1 heterocycles. The maximum absolute atomic E-state index is 5.01. The first kappa shape index (κ1) is 23.1. The summed E-state index contributed by atoms with van der Waals surface area (Å²) in [7, 11) is 20.1. The van der Waals surface area contributed by atoms with E-state index in [-0.39, 0.29) is 0 Å². The molecule has 0 spiro atoms. The van der Waals surface area contributed by atoms with E-state index >= 15 is 0 Å². The van der Waals surface area contributed by atoms with E-state index in [2.05, 4.69) is 50.9 Å². The van der Waals surface area contributed by atoms with Gasteiger partial charge in [-0.2, -0.15) is 0 Å². The number of pyridine rings is 1. The van der Waals surface area contributed by atoms with Crippen LogP contribution < -0.4 is 0 Å². The van der Waals surface area contributed by atoms with Gasteiger partial charge < -0.3 is 5.32 Å². The van der Waals surface area contributed by atoms with Gasteiger partial charge in [-0.15, -0.1) is 5.69 Å². The van der Waals surface area contributed by atoms with Crippen molar-refractivity contribution >= 4 is 42.9 Å². The summed E-state index contributed by atoms with van der Waals surface area (Å²) in [6, 6.07) is 12.5. The van der Waals surface area contributed by atoms with Gasteiger partial charge in [-0.25, -0.2) is 0 Å². The molecule has 138 valence electrons. The van der Waals surface area contributed by atoms with Crippen LogP contribution in [-0.2, 0) is 18.9 Å². The fraction of sp³-hybridized carbons (Fsp3) is 0.389. The molecule has 0 aliphatic heterocycles. The second kappa shape index (κ2) is 11.0. The van der Waals surface area contributed by atoms with Crippen LogP contribution in [0.15, 0.2) is 42.6 Å². The van der Waals surface area contributed by atoms with E-state index in [1.54, 1.807) is 0 Å². The molecule has 2 nitrogen and oxygen atoms in total. The number of benzene rings is 1. The van der Waals surface area contributed by atoms with Crippen LogP contribution in [0.2, 0.25) is 0 Å². The molecule has 0 aliphatic carbocycles. The third-order valence-corrected chi connectivity index (χ3v) is 3.47. The Labute approximate surface area is 170 Å². The van der Waals surface area contributed by atoms with E-state index in [4.69, 9.17) is 42.5 Å². The Hall–Kier alpha value is 0.0443. The second-order valence-electron chi connectivity index (χ2n) is 6.16. The van der Waals surface area contributed by atoms with Gasteiger partial charge in [-0.3, -0.25) is 4.98 Å². The molecule has 2 aromatic rings. The number of nitrogens with zero attached hydrogens (tertiary/aromatic N) is 2. The zero-order valence-electron chi connectivity index (χ0n) is 14.8. The molecule has 1 aromatic carbocycles. The predicted octanol–water partition coefficient (Wildman–Crippen LogP) is 8.29. The van der Waals surface area contributed by atoms with E-state index < -0.39 is 12.3 Å². The fourth-order valence-electron chi connectivity index (χ4n) is 2.35. The number of rotatable bonds is 5. The SMILES string of the molecule is CC(C)c1cccc(C(C)C)c1[N-]Cc1ccccn1.[Cl][Ti]([Cl])([Cl])[Cl]. The van der Waals surface area contributed by atoms with Crippen LogP contribution >= 0.6 is 37.2 Å². The van der Waals surface area contributed by atoms with Crippen molar-refractivity contribution in [1.29, 1.82) is 0 Å². The molecule has 0 saturated heterocycles. The van der Waals surface area contributed by atoms with Crippen molar-refractivity contribution in [2.24, 2.45) is 0 Å². The molecule has 1 aromatic heterocycles. The first-order valence-electron chi connectivity index (χ1n) is 8.05. The van der Waals surface area contributed by atoms with Crippen LogP contribution in [0.5, 0.6) is 0 Å². The van der Waals surface area contributed by atoms with Gasteiger partial charge in [0, 0.05) is 11.9 Å². The molecular formula is C18H23Cl4N2Ti-. The third kappa shape index (κ3) is 9.51. The van der Waals surface area contributed by atoms with Crippen molar-refractivity contribution in [2.75, 3.05) is 0 Å². The van der Waals surface area contributed by atoms with Crippen LogP contribution in [-0.4, -0.2) is 4.98 Å². The van der Waals surface area contributed by atoms with E-state index in [0.29, 0.717) is 18.4 Å². The summed E-state index contributed by atoms with van der Waals surface area (Å²) in [5, 5.41) is 4.86. The molecule has 0 unspecified atom stereocenters. The van der Waals surface area contributed by atoms with E-state index in [0.717, 1.165) is 11.4 Å². The first-order chi connectivity index (χ1) is 11.6. The number of para-hydroxylation sites is 1. The van der Waals surface area contributed by atoms with Crippen molar-refractivity contribution in [3.63, 3.8) is 0 Å². The van der Waals surface area contributed by atoms with Crippen molar-refractivity contribution in [1.82, 2.24) is 4.98 Å². The molecule has 0 radical (unpaired) electrons. The van der Waals surface area contributed by atoms with E-state index in [9.17, 15) is 0 Å². The molecule has 0 fully saturated rings.